The molecule has 0 spiro atoms. The highest BCUT2D eigenvalue weighted by molar-refractivity contribution is 7.90. The van der Waals surface area contributed by atoms with Gasteiger partial charge in [0, 0.05) is 12.3 Å². The molecule has 0 radical (unpaired) electrons. The molecule has 0 aliphatic rings. The van der Waals surface area contributed by atoms with Crippen molar-refractivity contribution < 1.29 is 8.42 Å². The van der Waals surface area contributed by atoms with Crippen molar-refractivity contribution in [3.63, 3.8) is 0 Å². The lowest BCUT2D eigenvalue weighted by atomic mass is 9.97. The first-order valence-electron chi connectivity index (χ1n) is 7.04. The molecule has 0 fully saturated rings. The van der Waals surface area contributed by atoms with Gasteiger partial charge >= 0.3 is 0 Å². The number of halogens is 1. The van der Waals surface area contributed by atoms with Crippen LogP contribution in [-0.4, -0.2) is 20.7 Å². The van der Waals surface area contributed by atoms with Gasteiger partial charge in [0.15, 0.2) is 9.84 Å². The minimum Gasteiger partial charge on any atom is -0.381 e. The molecule has 0 saturated heterocycles. The molecule has 1 aromatic carbocycles. The molecule has 0 aliphatic heterocycles. The molecule has 1 aromatic rings. The first-order chi connectivity index (χ1) is 9.27. The quantitative estimate of drug-likeness (QED) is 0.812. The highest BCUT2D eigenvalue weighted by Crippen LogP contribution is 2.27. The Kier molecular flexibility index (Phi) is 6.34. The SMILES string of the molecule is CCC(C)CC(CC)Nc1cc(S(C)(=O)=O)ccc1Cl. The Bertz CT molecular complexity index is 543. The Morgan fingerprint density at radius 3 is 2.40 bits per heavy atom. The maximum atomic E-state index is 11.6. The van der Waals surface area contributed by atoms with Crippen LogP contribution in [0.15, 0.2) is 23.1 Å². The second kappa shape index (κ2) is 7.32. The maximum Gasteiger partial charge on any atom is 0.175 e. The van der Waals surface area contributed by atoms with Crippen molar-refractivity contribution in [1.82, 2.24) is 0 Å². The van der Waals surface area contributed by atoms with Crippen molar-refractivity contribution in [2.45, 2.75) is 51.0 Å². The number of hydrogen-bond donors (Lipinski definition) is 1. The first kappa shape index (κ1) is 17.3. The van der Waals surface area contributed by atoms with Crippen LogP contribution in [0.1, 0.15) is 40.0 Å². The number of benzene rings is 1. The molecule has 20 heavy (non-hydrogen) atoms. The van der Waals surface area contributed by atoms with Crippen molar-refractivity contribution in [3.8, 4) is 0 Å². The zero-order chi connectivity index (χ0) is 15.3. The highest BCUT2D eigenvalue weighted by atomic mass is 35.5. The van der Waals surface area contributed by atoms with Crippen LogP contribution in [0.2, 0.25) is 5.02 Å². The summed E-state index contributed by atoms with van der Waals surface area (Å²) in [5.41, 5.74) is 0.699. The molecule has 1 rings (SSSR count). The summed E-state index contributed by atoms with van der Waals surface area (Å²) in [5, 5.41) is 3.93. The Balaban J connectivity index is 2.95. The predicted molar refractivity (Wildman–Crippen MR) is 86.3 cm³/mol. The number of rotatable bonds is 7. The number of sulfone groups is 1. The number of hydrogen-bond acceptors (Lipinski definition) is 3. The van der Waals surface area contributed by atoms with Gasteiger partial charge in [-0.2, -0.15) is 0 Å². The Labute approximate surface area is 127 Å². The smallest absolute Gasteiger partial charge is 0.175 e. The van der Waals surface area contributed by atoms with Gasteiger partial charge in [-0.05, 0) is 37.0 Å². The van der Waals surface area contributed by atoms with E-state index < -0.39 is 9.84 Å². The lowest BCUT2D eigenvalue weighted by molar-refractivity contribution is 0.462. The van der Waals surface area contributed by atoms with Crippen LogP contribution in [0.25, 0.3) is 0 Å². The van der Waals surface area contributed by atoms with E-state index in [1.807, 2.05) is 0 Å². The summed E-state index contributed by atoms with van der Waals surface area (Å²) < 4.78 is 23.2. The van der Waals surface area contributed by atoms with Gasteiger partial charge in [0.05, 0.1) is 15.6 Å². The summed E-state index contributed by atoms with van der Waals surface area (Å²) in [6, 6.07) is 5.10. The molecule has 3 nitrogen and oxygen atoms in total. The third-order valence-corrected chi connectivity index (χ3v) is 5.04. The Hall–Kier alpha value is -0.740. The van der Waals surface area contributed by atoms with Gasteiger partial charge in [-0.1, -0.05) is 38.8 Å². The van der Waals surface area contributed by atoms with Crippen molar-refractivity contribution in [1.29, 1.82) is 0 Å². The van der Waals surface area contributed by atoms with E-state index in [0.717, 1.165) is 19.3 Å². The molecule has 0 aliphatic carbocycles. The van der Waals surface area contributed by atoms with E-state index in [1.165, 1.54) is 6.26 Å². The molecule has 1 N–H and O–H groups in total. The van der Waals surface area contributed by atoms with E-state index in [2.05, 4.69) is 26.1 Å². The van der Waals surface area contributed by atoms with Crippen LogP contribution in [-0.2, 0) is 9.84 Å². The van der Waals surface area contributed by atoms with Gasteiger partial charge in [0.2, 0.25) is 0 Å². The van der Waals surface area contributed by atoms with E-state index in [4.69, 9.17) is 11.6 Å². The molecule has 114 valence electrons. The average Bonchev–Trinajstić information content (AvgIpc) is 2.38. The van der Waals surface area contributed by atoms with E-state index in [-0.39, 0.29) is 0 Å². The maximum absolute atomic E-state index is 11.6. The van der Waals surface area contributed by atoms with Crippen molar-refractivity contribution in [2.24, 2.45) is 5.92 Å². The minimum absolute atomic E-state index is 0.294. The standard InChI is InChI=1S/C15H24ClNO2S/c1-5-11(3)9-12(6-2)17-15-10-13(20(4,18)19)7-8-14(15)16/h7-8,10-12,17H,5-6,9H2,1-4H3. The molecule has 2 unspecified atom stereocenters. The summed E-state index contributed by atoms with van der Waals surface area (Å²) in [5.74, 6) is 0.629. The largest absolute Gasteiger partial charge is 0.381 e. The topological polar surface area (TPSA) is 46.2 Å². The summed E-state index contributed by atoms with van der Waals surface area (Å²) in [6.07, 6.45) is 4.36. The van der Waals surface area contributed by atoms with Crippen molar-refractivity contribution in [2.75, 3.05) is 11.6 Å². The summed E-state index contributed by atoms with van der Waals surface area (Å²) in [4.78, 5) is 0.294. The van der Waals surface area contributed by atoms with E-state index >= 15 is 0 Å². The van der Waals surface area contributed by atoms with E-state index in [9.17, 15) is 8.42 Å². The average molecular weight is 318 g/mol. The normalized spacial score (nSPS) is 14.8. The fourth-order valence-electron chi connectivity index (χ4n) is 2.05. The minimum atomic E-state index is -3.21. The second-order valence-electron chi connectivity index (χ2n) is 5.41. The van der Waals surface area contributed by atoms with Crippen molar-refractivity contribution >= 4 is 27.1 Å². The van der Waals surface area contributed by atoms with Crippen LogP contribution in [0.3, 0.4) is 0 Å². The lowest BCUT2D eigenvalue weighted by Gasteiger charge is -2.22. The van der Waals surface area contributed by atoms with Gasteiger partial charge in [-0.15, -0.1) is 0 Å². The highest BCUT2D eigenvalue weighted by Gasteiger charge is 2.14. The Morgan fingerprint density at radius 1 is 1.25 bits per heavy atom. The van der Waals surface area contributed by atoms with Crippen LogP contribution in [0, 0.1) is 5.92 Å². The molecule has 0 saturated carbocycles. The summed E-state index contributed by atoms with van der Waals surface area (Å²) >= 11 is 6.16. The van der Waals surface area contributed by atoms with E-state index in [0.29, 0.717) is 27.6 Å². The van der Waals surface area contributed by atoms with Crippen LogP contribution >= 0.6 is 11.6 Å². The van der Waals surface area contributed by atoms with Crippen LogP contribution < -0.4 is 5.32 Å². The first-order valence-corrected chi connectivity index (χ1v) is 9.31. The van der Waals surface area contributed by atoms with Crippen LogP contribution in [0.5, 0.6) is 0 Å². The molecular weight excluding hydrogens is 294 g/mol. The Morgan fingerprint density at radius 2 is 1.90 bits per heavy atom. The molecule has 0 aromatic heterocycles. The van der Waals surface area contributed by atoms with Gasteiger partial charge in [-0.25, -0.2) is 8.42 Å². The zero-order valence-corrected chi connectivity index (χ0v) is 14.2. The molecular formula is C15H24ClNO2S. The van der Waals surface area contributed by atoms with E-state index in [1.54, 1.807) is 18.2 Å². The fourth-order valence-corrected chi connectivity index (χ4v) is 2.86. The lowest BCUT2D eigenvalue weighted by Crippen LogP contribution is -2.21. The van der Waals surface area contributed by atoms with Gasteiger partial charge in [0.1, 0.15) is 0 Å². The third kappa shape index (κ3) is 4.98. The fraction of sp³-hybridized carbons (Fsp3) is 0.600. The van der Waals surface area contributed by atoms with Crippen LogP contribution in [0.4, 0.5) is 5.69 Å². The number of nitrogens with one attached hydrogen (secondary N) is 1. The van der Waals surface area contributed by atoms with Gasteiger partial charge in [0.25, 0.3) is 0 Å². The third-order valence-electron chi connectivity index (χ3n) is 3.60. The monoisotopic (exact) mass is 317 g/mol. The molecule has 0 amide bonds. The molecule has 0 bridgehead atoms. The number of anilines is 1. The van der Waals surface area contributed by atoms with Gasteiger partial charge < -0.3 is 5.32 Å². The molecule has 0 heterocycles. The summed E-state index contributed by atoms with van der Waals surface area (Å²) in [7, 11) is -3.21. The molecule has 2 atom stereocenters. The molecule has 5 heteroatoms. The van der Waals surface area contributed by atoms with Crippen molar-refractivity contribution in [3.05, 3.63) is 23.2 Å². The second-order valence-corrected chi connectivity index (χ2v) is 7.84. The van der Waals surface area contributed by atoms with Gasteiger partial charge in [-0.3, -0.25) is 0 Å². The zero-order valence-electron chi connectivity index (χ0n) is 12.6. The predicted octanol–water partition coefficient (Wildman–Crippen LogP) is 4.37. The summed E-state index contributed by atoms with van der Waals surface area (Å²) in [6.45, 7) is 6.52.